The summed E-state index contributed by atoms with van der Waals surface area (Å²) in [7, 11) is 10.2. The molecule has 3 aliphatic rings. The van der Waals surface area contributed by atoms with Gasteiger partial charge in [0.05, 0.1) is 18.2 Å². The van der Waals surface area contributed by atoms with Crippen LogP contribution in [-0.4, -0.2) is 114 Å². The first-order chi connectivity index (χ1) is 19.0. The maximum absolute atomic E-state index is 14.0. The molecule has 2 amide bonds. The van der Waals surface area contributed by atoms with Crippen LogP contribution < -0.4 is 16.0 Å². The van der Waals surface area contributed by atoms with Crippen LogP contribution in [0.4, 0.5) is 5.69 Å². The van der Waals surface area contributed by atoms with Crippen molar-refractivity contribution >= 4 is 29.1 Å². The Morgan fingerprint density at radius 2 is 1.73 bits per heavy atom. The van der Waals surface area contributed by atoms with Crippen molar-refractivity contribution in [2.24, 2.45) is 17.6 Å². The van der Waals surface area contributed by atoms with E-state index in [1.54, 1.807) is 58.2 Å². The van der Waals surface area contributed by atoms with Crippen molar-refractivity contribution in [1.29, 1.82) is 0 Å². The molecule has 13 heteroatoms. The molecule has 0 aromatic heterocycles. The minimum absolute atomic E-state index is 0.00172. The number of carbonyl (C=O) groups excluding carboxylic acids is 4. The quantitative estimate of drug-likeness (QED) is 0.228. The summed E-state index contributed by atoms with van der Waals surface area (Å²) in [4.78, 5) is 56.8. The number of ketones is 2. The van der Waals surface area contributed by atoms with Gasteiger partial charge in [-0.1, -0.05) is 0 Å². The molecule has 1 unspecified atom stereocenters. The lowest BCUT2D eigenvalue weighted by Gasteiger charge is -2.50. The zero-order valence-corrected chi connectivity index (χ0v) is 24.0. The summed E-state index contributed by atoms with van der Waals surface area (Å²) in [6.07, 6.45) is 0.171. The second-order valence-corrected chi connectivity index (χ2v) is 11.6. The second-order valence-electron chi connectivity index (χ2n) is 11.6. The average molecular weight is 572 g/mol. The molecule has 41 heavy (non-hydrogen) atoms. The van der Waals surface area contributed by atoms with Crippen LogP contribution in [0, 0.1) is 11.8 Å². The lowest BCUT2D eigenvalue weighted by Crippen LogP contribution is -2.63. The lowest BCUT2D eigenvalue weighted by molar-refractivity contribution is -0.148. The van der Waals surface area contributed by atoms with Gasteiger partial charge in [-0.3, -0.25) is 24.1 Å². The number of fused-ring (bicyclic) bond motifs is 3. The minimum atomic E-state index is -2.71. The van der Waals surface area contributed by atoms with E-state index in [0.717, 1.165) is 0 Å². The fourth-order valence-corrected chi connectivity index (χ4v) is 6.42. The predicted octanol–water partition coefficient (Wildman–Crippen LogP) is -0.636. The monoisotopic (exact) mass is 571 g/mol. The Labute approximate surface area is 237 Å². The van der Waals surface area contributed by atoms with Crippen LogP contribution in [0.3, 0.4) is 0 Å². The molecule has 0 bridgehead atoms. The van der Waals surface area contributed by atoms with E-state index in [-0.39, 0.29) is 54.3 Å². The highest BCUT2D eigenvalue weighted by molar-refractivity contribution is 6.25. The number of allylic oxidation sites excluding steroid dienone is 1. The summed E-state index contributed by atoms with van der Waals surface area (Å²) < 4.78 is 0. The fraction of sp³-hybridized carbons (Fsp3) is 0.500. The van der Waals surface area contributed by atoms with Crippen LogP contribution >= 0.6 is 0 Å². The van der Waals surface area contributed by atoms with Crippen molar-refractivity contribution < 1.29 is 39.6 Å². The van der Waals surface area contributed by atoms with Crippen LogP contribution in [0.5, 0.6) is 5.75 Å². The van der Waals surface area contributed by atoms with Gasteiger partial charge in [0.1, 0.15) is 22.8 Å². The Balaban J connectivity index is 1.88. The Kier molecular flexibility index (Phi) is 7.67. The maximum Gasteiger partial charge on any atom is 0.255 e. The summed E-state index contributed by atoms with van der Waals surface area (Å²) >= 11 is 0. The number of hydrogen-bond acceptors (Lipinski definition) is 11. The number of nitrogens with one attached hydrogen (secondary N) is 1. The Morgan fingerprint density at radius 1 is 1.10 bits per heavy atom. The summed E-state index contributed by atoms with van der Waals surface area (Å²) in [5, 5.41) is 48.1. The van der Waals surface area contributed by atoms with Gasteiger partial charge in [0.2, 0.25) is 11.7 Å². The first kappa shape index (κ1) is 30.0. The van der Waals surface area contributed by atoms with E-state index in [9.17, 15) is 39.6 Å². The van der Waals surface area contributed by atoms with Crippen LogP contribution in [0.1, 0.15) is 27.9 Å². The third kappa shape index (κ3) is 4.63. The van der Waals surface area contributed by atoms with Gasteiger partial charge in [-0.25, -0.2) is 0 Å². The molecule has 0 heterocycles. The minimum Gasteiger partial charge on any atom is -0.510 e. The van der Waals surface area contributed by atoms with Gasteiger partial charge in [-0.15, -0.1) is 0 Å². The van der Waals surface area contributed by atoms with E-state index in [1.807, 2.05) is 0 Å². The van der Waals surface area contributed by atoms with Crippen molar-refractivity contribution in [3.05, 3.63) is 45.4 Å². The molecule has 0 radical (unpaired) electrons. The average Bonchev–Trinajstić information content (AvgIpc) is 2.84. The zero-order chi connectivity index (χ0) is 30.7. The summed E-state index contributed by atoms with van der Waals surface area (Å²) in [6.45, 7) is 0.0437. The standard InChI is InChI=1S/C28H37N5O8/c1-31(2)11-17(34)30-10-13-9-16(32(3)4)14-7-12-8-15-21(33(5)6)24(37)20(27(29)40)26(39)28(15,41)25(38)18(12)23(36)19(14)22(13)35/h9,12,15,21,35,37-38,41H,7-8,10-11H2,1-6H3,(H2,29,40)(H,30,34)/t12-,15-,21?,28+/m0/s1. The molecule has 7 N–H and O–H groups in total. The topological polar surface area (TPSA) is 197 Å². The molecule has 0 fully saturated rings. The molecule has 13 nitrogen and oxygen atoms in total. The van der Waals surface area contributed by atoms with Gasteiger partial charge in [0, 0.05) is 43.4 Å². The van der Waals surface area contributed by atoms with Crippen molar-refractivity contribution in [3.8, 4) is 5.75 Å². The normalized spacial score (nSPS) is 25.7. The number of primary amides is 1. The van der Waals surface area contributed by atoms with Gasteiger partial charge in [-0.05, 0) is 58.6 Å². The number of likely N-dealkylation sites (N-methyl/N-ethyl adjacent to an activating group) is 2. The number of aliphatic hydroxyl groups is 3. The lowest BCUT2D eigenvalue weighted by atomic mass is 9.58. The highest BCUT2D eigenvalue weighted by Crippen LogP contribution is 2.53. The molecule has 4 atom stereocenters. The molecule has 1 aromatic carbocycles. The number of nitrogens with two attached hydrogens (primary N) is 1. The fourth-order valence-electron chi connectivity index (χ4n) is 6.42. The number of rotatable bonds is 7. The van der Waals surface area contributed by atoms with E-state index >= 15 is 0 Å². The molecule has 0 aliphatic heterocycles. The second kappa shape index (κ2) is 10.5. The number of phenolic OH excluding ortho intramolecular Hbond substituents is 1. The number of anilines is 1. The van der Waals surface area contributed by atoms with Gasteiger partial charge in [-0.2, -0.15) is 0 Å². The van der Waals surface area contributed by atoms with Crippen molar-refractivity contribution in [3.63, 3.8) is 0 Å². The van der Waals surface area contributed by atoms with Gasteiger partial charge in [0.25, 0.3) is 5.91 Å². The molecule has 3 aliphatic carbocycles. The number of amides is 2. The molecule has 4 rings (SSSR count). The van der Waals surface area contributed by atoms with Crippen molar-refractivity contribution in [2.75, 3.05) is 53.7 Å². The van der Waals surface area contributed by atoms with Gasteiger partial charge in [0.15, 0.2) is 11.4 Å². The largest absolute Gasteiger partial charge is 0.510 e. The molecule has 0 spiro atoms. The van der Waals surface area contributed by atoms with E-state index in [4.69, 9.17) is 5.73 Å². The van der Waals surface area contributed by atoms with E-state index in [2.05, 4.69) is 5.32 Å². The number of nitrogens with zero attached hydrogens (tertiary/aromatic N) is 3. The number of aromatic hydroxyl groups is 1. The first-order valence-corrected chi connectivity index (χ1v) is 13.1. The molecule has 0 saturated carbocycles. The van der Waals surface area contributed by atoms with Crippen LogP contribution in [0.25, 0.3) is 0 Å². The third-order valence-corrected chi connectivity index (χ3v) is 8.20. The molecule has 222 valence electrons. The number of hydrogen-bond donors (Lipinski definition) is 6. The number of benzene rings is 1. The molecule has 0 saturated heterocycles. The van der Waals surface area contributed by atoms with E-state index in [0.29, 0.717) is 11.3 Å². The number of Topliss-reactive ketones (excluding diaryl/α,β-unsaturated/α-hetero) is 2. The van der Waals surface area contributed by atoms with Crippen LogP contribution in [0.2, 0.25) is 0 Å². The SMILES string of the molecule is CN(C)CC(=O)NCc1cc(N(C)C)c2c(c1O)C(=O)C1=C(O)[C@@]3(O)C(=O)C(C(N)=O)=C(O)C(N(C)C)[C@@H]3C[C@@H]1C2. The number of aliphatic hydroxyl groups excluding tert-OH is 2. The summed E-state index contributed by atoms with van der Waals surface area (Å²) in [6, 6.07) is 0.626. The zero-order valence-electron chi connectivity index (χ0n) is 24.0. The van der Waals surface area contributed by atoms with Gasteiger partial charge >= 0.3 is 0 Å². The number of carbonyl (C=O) groups is 4. The molecule has 1 aromatic rings. The summed E-state index contributed by atoms with van der Waals surface area (Å²) in [5.41, 5.74) is 2.87. The predicted molar refractivity (Wildman–Crippen MR) is 148 cm³/mol. The Morgan fingerprint density at radius 3 is 2.27 bits per heavy atom. The van der Waals surface area contributed by atoms with Crippen LogP contribution in [0.15, 0.2) is 28.7 Å². The maximum atomic E-state index is 14.0. The van der Waals surface area contributed by atoms with E-state index in [1.165, 1.54) is 4.90 Å². The van der Waals surface area contributed by atoms with E-state index < -0.39 is 58.0 Å². The van der Waals surface area contributed by atoms with Gasteiger partial charge < -0.3 is 41.3 Å². The van der Waals surface area contributed by atoms with Crippen LogP contribution in [-0.2, 0) is 27.3 Å². The molecular formula is C28H37N5O8. The Bertz CT molecular complexity index is 1410. The van der Waals surface area contributed by atoms with Crippen molar-refractivity contribution in [2.45, 2.75) is 31.0 Å². The molecular weight excluding hydrogens is 534 g/mol. The van der Waals surface area contributed by atoms with Crippen molar-refractivity contribution in [1.82, 2.24) is 15.1 Å². The summed E-state index contributed by atoms with van der Waals surface area (Å²) in [5.74, 6) is -7.34. The highest BCUT2D eigenvalue weighted by atomic mass is 16.3. The highest BCUT2D eigenvalue weighted by Gasteiger charge is 2.63. The first-order valence-electron chi connectivity index (χ1n) is 13.1. The number of phenols is 1. The Hall–Kier alpha value is -3.94. The third-order valence-electron chi connectivity index (χ3n) is 8.20. The smallest absolute Gasteiger partial charge is 0.255 e.